The quantitative estimate of drug-likeness (QED) is 0.622. The molecule has 0 spiro atoms. The van der Waals surface area contributed by atoms with Crippen molar-refractivity contribution in [1.82, 2.24) is 0 Å². The van der Waals surface area contributed by atoms with Gasteiger partial charge in [0.05, 0.1) is 0 Å². The Morgan fingerprint density at radius 1 is 0.857 bits per heavy atom. The van der Waals surface area contributed by atoms with Gasteiger partial charge in [-0.05, 0) is 66.4 Å². The van der Waals surface area contributed by atoms with E-state index in [1.54, 1.807) is 11.1 Å². The molecule has 2 saturated carbocycles. The Labute approximate surface area is 127 Å². The molecule has 0 heteroatoms. The highest BCUT2D eigenvalue weighted by Crippen LogP contribution is 2.55. The molecule has 0 bridgehead atoms. The van der Waals surface area contributed by atoms with E-state index >= 15 is 0 Å². The number of hydrogen-bond donors (Lipinski definition) is 0. The van der Waals surface area contributed by atoms with Crippen molar-refractivity contribution in [3.63, 3.8) is 0 Å². The minimum absolute atomic E-state index is 0.813. The molecule has 106 valence electrons. The first kappa shape index (κ1) is 12.0. The van der Waals surface area contributed by atoms with Gasteiger partial charge in [0.2, 0.25) is 0 Å². The summed E-state index contributed by atoms with van der Waals surface area (Å²) in [4.78, 5) is 0. The van der Waals surface area contributed by atoms with E-state index in [0.717, 1.165) is 29.6 Å². The lowest BCUT2D eigenvalue weighted by molar-refractivity contribution is 0.160. The molecule has 0 radical (unpaired) electrons. The Morgan fingerprint density at radius 2 is 1.67 bits per heavy atom. The van der Waals surface area contributed by atoms with Crippen LogP contribution in [0.3, 0.4) is 0 Å². The van der Waals surface area contributed by atoms with Crippen LogP contribution in [0.5, 0.6) is 0 Å². The first-order valence-electron chi connectivity index (χ1n) is 8.52. The number of allylic oxidation sites excluding steroid dienone is 5. The molecule has 5 rings (SSSR count). The SMILES string of the molecule is C1=CC2CC3CC4=Cc5ccccc5CC4C3CC2C=C1. The molecular weight excluding hydrogens is 252 g/mol. The molecule has 21 heavy (non-hydrogen) atoms. The van der Waals surface area contributed by atoms with Gasteiger partial charge in [0.1, 0.15) is 0 Å². The zero-order chi connectivity index (χ0) is 13.8. The van der Waals surface area contributed by atoms with Crippen LogP contribution in [-0.4, -0.2) is 0 Å². The molecule has 4 aliphatic rings. The van der Waals surface area contributed by atoms with Gasteiger partial charge in [-0.1, -0.05) is 60.2 Å². The van der Waals surface area contributed by atoms with Crippen molar-refractivity contribution < 1.29 is 0 Å². The third-order valence-corrected chi connectivity index (χ3v) is 6.43. The van der Waals surface area contributed by atoms with Gasteiger partial charge in [-0.25, -0.2) is 0 Å². The second-order valence-corrected chi connectivity index (χ2v) is 7.43. The summed E-state index contributed by atoms with van der Waals surface area (Å²) in [5, 5.41) is 0. The van der Waals surface area contributed by atoms with Gasteiger partial charge in [-0.2, -0.15) is 0 Å². The van der Waals surface area contributed by atoms with Crippen molar-refractivity contribution in [1.29, 1.82) is 0 Å². The molecule has 5 unspecified atom stereocenters. The lowest BCUT2D eigenvalue weighted by atomic mass is 9.65. The molecule has 5 atom stereocenters. The molecule has 0 amide bonds. The minimum atomic E-state index is 0.813. The second-order valence-electron chi connectivity index (χ2n) is 7.43. The summed E-state index contributed by atoms with van der Waals surface area (Å²) in [6.45, 7) is 0. The Bertz CT molecular complexity index is 660. The zero-order valence-corrected chi connectivity index (χ0v) is 12.4. The lowest BCUT2D eigenvalue weighted by Crippen LogP contribution is -2.31. The van der Waals surface area contributed by atoms with Crippen LogP contribution >= 0.6 is 0 Å². The van der Waals surface area contributed by atoms with Crippen LogP contribution in [0.25, 0.3) is 6.08 Å². The van der Waals surface area contributed by atoms with E-state index in [9.17, 15) is 0 Å². The average molecular weight is 274 g/mol. The van der Waals surface area contributed by atoms with Crippen LogP contribution in [-0.2, 0) is 6.42 Å². The molecule has 1 aromatic rings. The fraction of sp³-hybridized carbons (Fsp3) is 0.429. The third-order valence-electron chi connectivity index (χ3n) is 6.43. The molecule has 2 fully saturated rings. The summed E-state index contributed by atoms with van der Waals surface area (Å²) in [5.74, 6) is 4.34. The van der Waals surface area contributed by atoms with Crippen molar-refractivity contribution in [2.45, 2.75) is 25.7 Å². The number of benzene rings is 1. The van der Waals surface area contributed by atoms with Crippen LogP contribution in [0.4, 0.5) is 0 Å². The summed E-state index contributed by atoms with van der Waals surface area (Å²) in [6, 6.07) is 9.02. The topological polar surface area (TPSA) is 0 Å². The van der Waals surface area contributed by atoms with Crippen LogP contribution in [0, 0.1) is 29.6 Å². The summed E-state index contributed by atoms with van der Waals surface area (Å²) < 4.78 is 0. The van der Waals surface area contributed by atoms with Crippen LogP contribution in [0.1, 0.15) is 30.4 Å². The number of hydrogen-bond acceptors (Lipinski definition) is 0. The highest BCUT2D eigenvalue weighted by atomic mass is 14.5. The maximum absolute atomic E-state index is 2.52. The monoisotopic (exact) mass is 274 g/mol. The first-order chi connectivity index (χ1) is 10.4. The first-order valence-corrected chi connectivity index (χ1v) is 8.52. The van der Waals surface area contributed by atoms with Crippen LogP contribution in [0.2, 0.25) is 0 Å². The fourth-order valence-corrected chi connectivity index (χ4v) is 5.44. The van der Waals surface area contributed by atoms with Crippen LogP contribution < -0.4 is 0 Å². The van der Waals surface area contributed by atoms with E-state index in [2.05, 4.69) is 54.6 Å². The maximum atomic E-state index is 2.52. The highest BCUT2D eigenvalue weighted by molar-refractivity contribution is 5.61. The van der Waals surface area contributed by atoms with E-state index in [-0.39, 0.29) is 0 Å². The van der Waals surface area contributed by atoms with Crippen LogP contribution in [0.15, 0.2) is 54.1 Å². The number of rotatable bonds is 0. The fourth-order valence-electron chi connectivity index (χ4n) is 5.44. The van der Waals surface area contributed by atoms with E-state index < -0.39 is 0 Å². The molecule has 0 heterocycles. The molecular formula is C21H22. The van der Waals surface area contributed by atoms with Gasteiger partial charge in [0, 0.05) is 0 Å². The molecule has 0 N–H and O–H groups in total. The summed E-state index contributed by atoms with van der Waals surface area (Å²) in [6.07, 6.45) is 17.5. The average Bonchev–Trinajstić information content (AvgIpc) is 2.87. The molecule has 0 aromatic heterocycles. The third kappa shape index (κ3) is 1.81. The van der Waals surface area contributed by atoms with Crippen molar-refractivity contribution in [2.24, 2.45) is 29.6 Å². The van der Waals surface area contributed by atoms with Gasteiger partial charge in [0.25, 0.3) is 0 Å². The van der Waals surface area contributed by atoms with E-state index in [1.165, 1.54) is 31.2 Å². The second kappa shape index (κ2) is 4.47. The summed E-state index contributed by atoms with van der Waals surface area (Å²) in [5.41, 5.74) is 4.82. The predicted octanol–water partition coefficient (Wildman–Crippen LogP) is 5.03. The standard InChI is InChI=1S/C21H22/c1-3-7-16-12-20-18(9-14(16)5-1)11-19-10-15-6-2-4-8-17(15)13-21(19)20/h1-9,15,17,19-21H,10-13H2. The highest BCUT2D eigenvalue weighted by Gasteiger charge is 2.46. The summed E-state index contributed by atoms with van der Waals surface area (Å²) >= 11 is 0. The Kier molecular flexibility index (Phi) is 2.56. The zero-order valence-electron chi connectivity index (χ0n) is 12.4. The van der Waals surface area contributed by atoms with Crippen molar-refractivity contribution in [3.8, 4) is 0 Å². The molecule has 0 nitrogen and oxygen atoms in total. The van der Waals surface area contributed by atoms with Gasteiger partial charge >= 0.3 is 0 Å². The smallest absolute Gasteiger partial charge is 0.0128 e. The minimum Gasteiger partial charge on any atom is -0.0808 e. The van der Waals surface area contributed by atoms with E-state index in [4.69, 9.17) is 0 Å². The molecule has 0 aliphatic heterocycles. The molecule has 4 aliphatic carbocycles. The van der Waals surface area contributed by atoms with Gasteiger partial charge in [0.15, 0.2) is 0 Å². The Balaban J connectivity index is 1.48. The number of fused-ring (bicyclic) bond motifs is 5. The Morgan fingerprint density at radius 3 is 2.57 bits per heavy atom. The largest absolute Gasteiger partial charge is 0.0808 e. The maximum Gasteiger partial charge on any atom is -0.0128 e. The predicted molar refractivity (Wildman–Crippen MR) is 87.7 cm³/mol. The molecule has 1 aromatic carbocycles. The normalized spacial score (nSPS) is 39.0. The Hall–Kier alpha value is -1.56. The lowest BCUT2D eigenvalue weighted by Gasteiger charge is -2.39. The molecule has 0 saturated heterocycles. The van der Waals surface area contributed by atoms with Gasteiger partial charge in [-0.3, -0.25) is 0 Å². The van der Waals surface area contributed by atoms with E-state index in [0.29, 0.717) is 0 Å². The van der Waals surface area contributed by atoms with E-state index in [1.807, 2.05) is 0 Å². The van der Waals surface area contributed by atoms with Gasteiger partial charge in [-0.15, -0.1) is 0 Å². The van der Waals surface area contributed by atoms with Crippen molar-refractivity contribution in [2.75, 3.05) is 0 Å². The van der Waals surface area contributed by atoms with Gasteiger partial charge < -0.3 is 0 Å². The van der Waals surface area contributed by atoms with Crippen molar-refractivity contribution >= 4 is 6.08 Å². The summed E-state index contributed by atoms with van der Waals surface area (Å²) in [7, 11) is 0. The van der Waals surface area contributed by atoms with Crippen molar-refractivity contribution in [3.05, 3.63) is 65.3 Å².